The summed E-state index contributed by atoms with van der Waals surface area (Å²) in [6.07, 6.45) is 0. The smallest absolute Gasteiger partial charge is 0.294 e. The van der Waals surface area contributed by atoms with Crippen molar-refractivity contribution in [1.29, 1.82) is 0 Å². The van der Waals surface area contributed by atoms with Crippen molar-refractivity contribution in [3.05, 3.63) is 64.4 Å². The number of nitrogens with one attached hydrogen (secondary N) is 1. The maximum atomic E-state index is 11.2. The Morgan fingerprint density at radius 3 is 2.43 bits per heavy atom. The second kappa shape index (κ2) is 7.84. The van der Waals surface area contributed by atoms with Crippen molar-refractivity contribution in [3.63, 3.8) is 0 Å². The number of aryl methyl sites for hydroxylation is 1. The zero-order valence-corrected chi connectivity index (χ0v) is 17.9. The van der Waals surface area contributed by atoms with Crippen LogP contribution in [0.2, 0.25) is 10.3 Å². The zero-order chi connectivity index (χ0) is 21.5. The molecular weight excluding hydrogens is 449 g/mol. The summed E-state index contributed by atoms with van der Waals surface area (Å²) in [4.78, 5) is 8.42. The third-order valence-electron chi connectivity index (χ3n) is 4.47. The van der Waals surface area contributed by atoms with Crippen molar-refractivity contribution in [2.75, 3.05) is 5.32 Å². The predicted octanol–water partition coefficient (Wildman–Crippen LogP) is 4.20. The Bertz CT molecular complexity index is 1350. The minimum atomic E-state index is -4.24. The van der Waals surface area contributed by atoms with E-state index in [0.717, 1.165) is 11.1 Å². The summed E-state index contributed by atoms with van der Waals surface area (Å²) in [6.45, 7) is 0.324. The molecule has 4 aromatic rings. The van der Waals surface area contributed by atoms with Crippen LogP contribution < -0.4 is 5.32 Å². The first-order valence-electron chi connectivity index (χ1n) is 8.69. The fourth-order valence-corrected chi connectivity index (χ4v) is 3.93. The summed E-state index contributed by atoms with van der Waals surface area (Å²) in [6, 6.07) is 13.2. The molecule has 11 heteroatoms. The van der Waals surface area contributed by atoms with Crippen molar-refractivity contribution >= 4 is 50.2 Å². The average Bonchev–Trinajstić information content (AvgIpc) is 3.02. The fraction of sp³-hybridized carbons (Fsp3) is 0.105. The first kappa shape index (κ1) is 20.5. The number of halogens is 2. The third-order valence-corrected chi connectivity index (χ3v) is 5.83. The maximum Gasteiger partial charge on any atom is 0.294 e. The highest BCUT2D eigenvalue weighted by atomic mass is 35.5. The fourth-order valence-electron chi connectivity index (χ4n) is 3.06. The number of benzene rings is 2. The van der Waals surface area contributed by atoms with Crippen LogP contribution in [-0.2, 0) is 23.7 Å². The standard InChI is InChI=1S/C19H15Cl2N5O3S/c1-26-18-15(16(25-26)13-4-2-3-5-14(13)20)17(23-19(21)24-18)22-10-11-6-8-12(9-7-11)30(27,28)29/h2-9H,10H2,1H3,(H,22,23,24)(H,27,28,29). The van der Waals surface area contributed by atoms with E-state index in [1.54, 1.807) is 29.9 Å². The van der Waals surface area contributed by atoms with E-state index in [2.05, 4.69) is 20.4 Å². The van der Waals surface area contributed by atoms with Gasteiger partial charge in [0.05, 0.1) is 15.3 Å². The van der Waals surface area contributed by atoms with Crippen LogP contribution in [0, 0.1) is 0 Å². The van der Waals surface area contributed by atoms with Crippen molar-refractivity contribution in [1.82, 2.24) is 19.7 Å². The molecule has 30 heavy (non-hydrogen) atoms. The Balaban J connectivity index is 1.75. The molecule has 0 bridgehead atoms. The van der Waals surface area contributed by atoms with Crippen molar-refractivity contribution in [2.24, 2.45) is 7.05 Å². The van der Waals surface area contributed by atoms with Gasteiger partial charge < -0.3 is 5.32 Å². The van der Waals surface area contributed by atoms with Gasteiger partial charge in [0.15, 0.2) is 5.65 Å². The molecular formula is C19H15Cl2N5O3S. The summed E-state index contributed by atoms with van der Waals surface area (Å²) in [5.74, 6) is 0.465. The highest BCUT2D eigenvalue weighted by Gasteiger charge is 2.20. The van der Waals surface area contributed by atoms with E-state index < -0.39 is 10.1 Å². The third kappa shape index (κ3) is 3.97. The van der Waals surface area contributed by atoms with Crippen molar-refractivity contribution < 1.29 is 13.0 Å². The lowest BCUT2D eigenvalue weighted by Crippen LogP contribution is -2.04. The van der Waals surface area contributed by atoms with E-state index in [4.69, 9.17) is 27.8 Å². The molecule has 2 aromatic heterocycles. The molecule has 0 saturated heterocycles. The molecule has 8 nitrogen and oxygen atoms in total. The molecule has 0 spiro atoms. The molecule has 0 unspecified atom stereocenters. The van der Waals surface area contributed by atoms with Gasteiger partial charge in [0, 0.05) is 19.2 Å². The van der Waals surface area contributed by atoms with Gasteiger partial charge in [0.2, 0.25) is 5.28 Å². The topological polar surface area (TPSA) is 110 Å². The Labute approximate surface area is 182 Å². The number of nitrogens with zero attached hydrogens (tertiary/aromatic N) is 4. The molecule has 2 aromatic carbocycles. The molecule has 0 aliphatic heterocycles. The van der Waals surface area contributed by atoms with Crippen LogP contribution in [0.3, 0.4) is 0 Å². The second-order valence-electron chi connectivity index (χ2n) is 6.46. The van der Waals surface area contributed by atoms with Gasteiger partial charge in [0.25, 0.3) is 10.1 Å². The molecule has 2 heterocycles. The molecule has 0 amide bonds. The first-order chi connectivity index (χ1) is 14.2. The number of aromatic nitrogens is 4. The van der Waals surface area contributed by atoms with Gasteiger partial charge in [0.1, 0.15) is 11.5 Å². The van der Waals surface area contributed by atoms with Crippen LogP contribution in [0.1, 0.15) is 5.56 Å². The lowest BCUT2D eigenvalue weighted by molar-refractivity contribution is 0.483. The molecule has 4 rings (SSSR count). The Hall–Kier alpha value is -2.72. The molecule has 0 aliphatic carbocycles. The summed E-state index contributed by atoms with van der Waals surface area (Å²) in [5, 5.41) is 9.01. The lowest BCUT2D eigenvalue weighted by Gasteiger charge is -2.09. The van der Waals surface area contributed by atoms with Crippen LogP contribution in [0.4, 0.5) is 5.82 Å². The minimum Gasteiger partial charge on any atom is -0.365 e. The van der Waals surface area contributed by atoms with Crippen LogP contribution >= 0.6 is 23.2 Å². The quantitative estimate of drug-likeness (QED) is 0.337. The number of hydrogen-bond donors (Lipinski definition) is 2. The number of rotatable bonds is 5. The largest absolute Gasteiger partial charge is 0.365 e. The molecule has 0 atom stereocenters. The summed E-state index contributed by atoms with van der Waals surface area (Å²) in [7, 11) is -2.49. The molecule has 154 valence electrons. The monoisotopic (exact) mass is 463 g/mol. The normalized spacial score (nSPS) is 11.7. The minimum absolute atomic E-state index is 0.0560. The lowest BCUT2D eigenvalue weighted by atomic mass is 10.1. The molecule has 0 saturated carbocycles. The van der Waals surface area contributed by atoms with Gasteiger partial charge in [-0.3, -0.25) is 4.55 Å². The second-order valence-corrected chi connectivity index (χ2v) is 8.63. The van der Waals surface area contributed by atoms with E-state index in [-0.39, 0.29) is 10.2 Å². The van der Waals surface area contributed by atoms with Crippen molar-refractivity contribution in [3.8, 4) is 11.3 Å². The summed E-state index contributed by atoms with van der Waals surface area (Å²) in [5.41, 5.74) is 2.65. The van der Waals surface area contributed by atoms with Crippen LogP contribution in [0.5, 0.6) is 0 Å². The van der Waals surface area contributed by atoms with Gasteiger partial charge in [-0.05, 0) is 35.4 Å². The molecule has 2 N–H and O–H groups in total. The SMILES string of the molecule is Cn1nc(-c2ccccc2Cl)c2c(NCc3ccc(S(=O)(=O)O)cc3)nc(Cl)nc21. The average molecular weight is 464 g/mol. The molecule has 0 fully saturated rings. The van der Waals surface area contributed by atoms with E-state index in [9.17, 15) is 8.42 Å². The van der Waals surface area contributed by atoms with E-state index >= 15 is 0 Å². The van der Waals surface area contributed by atoms with Gasteiger partial charge in [-0.2, -0.15) is 23.5 Å². The predicted molar refractivity (Wildman–Crippen MR) is 115 cm³/mol. The summed E-state index contributed by atoms with van der Waals surface area (Å²) < 4.78 is 33.1. The van der Waals surface area contributed by atoms with Gasteiger partial charge in [-0.15, -0.1) is 0 Å². The van der Waals surface area contributed by atoms with E-state index in [1.165, 1.54) is 12.1 Å². The van der Waals surface area contributed by atoms with E-state index in [0.29, 0.717) is 34.1 Å². The van der Waals surface area contributed by atoms with Crippen LogP contribution in [0.15, 0.2) is 53.4 Å². The van der Waals surface area contributed by atoms with E-state index in [1.807, 2.05) is 18.2 Å². The Morgan fingerprint density at radius 1 is 1.07 bits per heavy atom. The summed E-state index contributed by atoms with van der Waals surface area (Å²) >= 11 is 12.5. The molecule has 0 radical (unpaired) electrons. The van der Waals surface area contributed by atoms with Gasteiger partial charge in [-0.25, -0.2) is 4.68 Å². The zero-order valence-electron chi connectivity index (χ0n) is 15.5. The number of fused-ring (bicyclic) bond motifs is 1. The first-order valence-corrected chi connectivity index (χ1v) is 10.9. The number of anilines is 1. The highest BCUT2D eigenvalue weighted by Crippen LogP contribution is 2.35. The molecule has 0 aliphatic rings. The number of hydrogen-bond acceptors (Lipinski definition) is 6. The maximum absolute atomic E-state index is 11.2. The van der Waals surface area contributed by atoms with Crippen LogP contribution in [0.25, 0.3) is 22.3 Å². The van der Waals surface area contributed by atoms with Crippen molar-refractivity contribution in [2.45, 2.75) is 11.4 Å². The Morgan fingerprint density at radius 2 is 1.77 bits per heavy atom. The highest BCUT2D eigenvalue weighted by molar-refractivity contribution is 7.85. The van der Waals surface area contributed by atoms with Gasteiger partial charge >= 0.3 is 0 Å². The van der Waals surface area contributed by atoms with Gasteiger partial charge in [-0.1, -0.05) is 41.9 Å². The Kier molecular flexibility index (Phi) is 5.37. The van der Waals surface area contributed by atoms with Crippen LogP contribution in [-0.4, -0.2) is 32.7 Å².